The Kier molecular flexibility index (Phi) is 4.74. The van der Waals surface area contributed by atoms with Crippen molar-refractivity contribution in [1.82, 2.24) is 0 Å². The molecule has 0 aliphatic heterocycles. The van der Waals surface area contributed by atoms with Crippen LogP contribution in [0.4, 0.5) is 0 Å². The predicted molar refractivity (Wildman–Crippen MR) is 91.8 cm³/mol. The summed E-state index contributed by atoms with van der Waals surface area (Å²) in [6.45, 7) is 0. The minimum absolute atomic E-state index is 0.0178. The van der Waals surface area contributed by atoms with Crippen LogP contribution in [0.15, 0.2) is 36.4 Å². The van der Waals surface area contributed by atoms with E-state index in [-0.39, 0.29) is 12.2 Å². The van der Waals surface area contributed by atoms with Gasteiger partial charge >= 0.3 is 5.97 Å². The number of phenolic OH excluding ortho intramolecular Hbond substituents is 1. The van der Waals surface area contributed by atoms with Crippen molar-refractivity contribution in [3.05, 3.63) is 58.7 Å². The highest BCUT2D eigenvalue weighted by atomic mass is 16.5. The number of para-hydroxylation sites is 1. The molecule has 1 aliphatic carbocycles. The van der Waals surface area contributed by atoms with E-state index in [1.807, 2.05) is 12.1 Å². The molecule has 2 N–H and O–H groups in total. The summed E-state index contributed by atoms with van der Waals surface area (Å²) in [6, 6.07) is 11.2. The molecular weight excluding hydrogens is 304 g/mol. The smallest absolute Gasteiger partial charge is 0.311 e. The number of benzene rings is 2. The van der Waals surface area contributed by atoms with E-state index in [0.29, 0.717) is 11.3 Å². The quantitative estimate of drug-likeness (QED) is 0.879. The van der Waals surface area contributed by atoms with Gasteiger partial charge in [0.2, 0.25) is 0 Å². The van der Waals surface area contributed by atoms with Crippen molar-refractivity contribution in [1.29, 1.82) is 0 Å². The molecule has 0 heterocycles. The first-order valence-electron chi connectivity index (χ1n) is 8.29. The van der Waals surface area contributed by atoms with Crippen LogP contribution in [0.1, 0.15) is 41.0 Å². The fourth-order valence-electron chi connectivity index (χ4n) is 3.43. The third kappa shape index (κ3) is 3.23. The van der Waals surface area contributed by atoms with Gasteiger partial charge in [0, 0.05) is 0 Å². The lowest BCUT2D eigenvalue weighted by Gasteiger charge is -2.20. The van der Waals surface area contributed by atoms with Crippen molar-refractivity contribution >= 4 is 5.97 Å². The summed E-state index contributed by atoms with van der Waals surface area (Å²) in [4.78, 5) is 11.8. The molecule has 2 aromatic rings. The van der Waals surface area contributed by atoms with Crippen LogP contribution in [0.2, 0.25) is 0 Å². The number of methoxy groups -OCH3 is 1. The molecule has 0 bridgehead atoms. The van der Waals surface area contributed by atoms with Crippen LogP contribution in [0.3, 0.4) is 0 Å². The number of carbonyl (C=O) groups is 1. The number of hydrogen-bond donors (Lipinski definition) is 2. The van der Waals surface area contributed by atoms with Gasteiger partial charge < -0.3 is 14.9 Å². The summed E-state index contributed by atoms with van der Waals surface area (Å²) in [5, 5.41) is 19.9. The fourth-order valence-corrected chi connectivity index (χ4v) is 3.43. The first kappa shape index (κ1) is 16.4. The number of ether oxygens (including phenoxy) is 1. The fraction of sp³-hybridized carbons (Fsp3) is 0.350. The standard InChI is InChI=1S/C20H22O4/c1-24-18-8-4-7-16(19(18)21)12-17(20(22)23)15-10-9-13-5-2-3-6-14(13)11-15/h4,7-11,17,21H,2-3,5-6,12H2,1H3,(H,22,23). The van der Waals surface area contributed by atoms with Crippen LogP contribution >= 0.6 is 0 Å². The molecule has 0 saturated heterocycles. The zero-order valence-corrected chi connectivity index (χ0v) is 13.8. The zero-order valence-electron chi connectivity index (χ0n) is 13.8. The molecule has 0 saturated carbocycles. The molecule has 2 aromatic carbocycles. The molecule has 0 radical (unpaired) electrons. The van der Waals surface area contributed by atoms with Crippen LogP contribution in [0.5, 0.6) is 11.5 Å². The summed E-state index contributed by atoms with van der Waals surface area (Å²) >= 11 is 0. The normalized spacial score (nSPS) is 14.7. The Morgan fingerprint density at radius 3 is 2.62 bits per heavy atom. The highest BCUT2D eigenvalue weighted by Gasteiger charge is 2.24. The Morgan fingerprint density at radius 2 is 1.92 bits per heavy atom. The summed E-state index contributed by atoms with van der Waals surface area (Å²) in [5.41, 5.74) is 3.98. The van der Waals surface area contributed by atoms with E-state index in [9.17, 15) is 15.0 Å². The zero-order chi connectivity index (χ0) is 17.1. The Bertz CT molecular complexity index is 751. The summed E-state index contributed by atoms with van der Waals surface area (Å²) in [6.07, 6.45) is 4.68. The third-order valence-electron chi connectivity index (χ3n) is 4.80. The maximum Gasteiger partial charge on any atom is 0.311 e. The number of hydrogen-bond acceptors (Lipinski definition) is 3. The lowest BCUT2D eigenvalue weighted by molar-refractivity contribution is -0.138. The van der Waals surface area contributed by atoms with Crippen molar-refractivity contribution in [2.45, 2.75) is 38.0 Å². The van der Waals surface area contributed by atoms with Crippen LogP contribution < -0.4 is 4.74 Å². The van der Waals surface area contributed by atoms with Crippen molar-refractivity contribution < 1.29 is 19.7 Å². The van der Waals surface area contributed by atoms with E-state index in [1.54, 1.807) is 18.2 Å². The first-order valence-corrected chi connectivity index (χ1v) is 8.29. The average molecular weight is 326 g/mol. The molecule has 1 aliphatic rings. The molecular formula is C20H22O4. The maximum atomic E-state index is 11.8. The second kappa shape index (κ2) is 6.95. The maximum absolute atomic E-state index is 11.8. The molecule has 4 heteroatoms. The second-order valence-corrected chi connectivity index (χ2v) is 6.30. The summed E-state index contributed by atoms with van der Waals surface area (Å²) in [7, 11) is 1.48. The molecule has 0 fully saturated rings. The number of aliphatic carboxylic acids is 1. The van der Waals surface area contributed by atoms with Crippen molar-refractivity contribution in [2.75, 3.05) is 7.11 Å². The van der Waals surface area contributed by atoms with Crippen LogP contribution in [0, 0.1) is 0 Å². The Hall–Kier alpha value is -2.49. The molecule has 126 valence electrons. The number of carboxylic acid groups (broad SMARTS) is 1. The highest BCUT2D eigenvalue weighted by Crippen LogP contribution is 2.34. The Morgan fingerprint density at radius 1 is 1.17 bits per heavy atom. The van der Waals surface area contributed by atoms with Crippen LogP contribution in [-0.4, -0.2) is 23.3 Å². The van der Waals surface area contributed by atoms with Gasteiger partial charge in [0.05, 0.1) is 13.0 Å². The van der Waals surface area contributed by atoms with Crippen LogP contribution in [0.25, 0.3) is 0 Å². The highest BCUT2D eigenvalue weighted by molar-refractivity contribution is 5.77. The molecule has 4 nitrogen and oxygen atoms in total. The second-order valence-electron chi connectivity index (χ2n) is 6.30. The minimum atomic E-state index is -0.882. The van der Waals surface area contributed by atoms with Crippen molar-refractivity contribution in [2.24, 2.45) is 0 Å². The topological polar surface area (TPSA) is 66.8 Å². The Balaban J connectivity index is 1.92. The molecule has 0 spiro atoms. The van der Waals surface area contributed by atoms with Crippen molar-refractivity contribution in [3.63, 3.8) is 0 Å². The van der Waals surface area contributed by atoms with Gasteiger partial charge in [0.25, 0.3) is 0 Å². The van der Waals surface area contributed by atoms with E-state index in [0.717, 1.165) is 24.8 Å². The van der Waals surface area contributed by atoms with Gasteiger partial charge in [-0.05, 0) is 60.4 Å². The largest absolute Gasteiger partial charge is 0.504 e. The van der Waals surface area contributed by atoms with Gasteiger partial charge in [-0.25, -0.2) is 0 Å². The molecule has 24 heavy (non-hydrogen) atoms. The average Bonchev–Trinajstić information content (AvgIpc) is 2.60. The molecule has 3 rings (SSSR count). The lowest BCUT2D eigenvalue weighted by Crippen LogP contribution is -2.16. The van der Waals surface area contributed by atoms with Crippen molar-refractivity contribution in [3.8, 4) is 11.5 Å². The number of fused-ring (bicyclic) bond motifs is 1. The van der Waals surface area contributed by atoms with Gasteiger partial charge in [-0.3, -0.25) is 4.79 Å². The summed E-state index contributed by atoms with van der Waals surface area (Å²) in [5.74, 6) is -1.19. The van der Waals surface area contributed by atoms with Gasteiger partial charge in [-0.15, -0.1) is 0 Å². The number of rotatable bonds is 5. The summed E-state index contributed by atoms with van der Waals surface area (Å²) < 4.78 is 5.11. The molecule has 1 unspecified atom stereocenters. The number of carboxylic acids is 1. The van der Waals surface area contributed by atoms with E-state index in [4.69, 9.17) is 4.74 Å². The van der Waals surface area contributed by atoms with Gasteiger partial charge in [0.1, 0.15) is 0 Å². The monoisotopic (exact) mass is 326 g/mol. The van der Waals surface area contributed by atoms with Gasteiger partial charge in [-0.1, -0.05) is 30.3 Å². The van der Waals surface area contributed by atoms with Crippen LogP contribution in [-0.2, 0) is 24.1 Å². The first-order chi connectivity index (χ1) is 11.6. The van der Waals surface area contributed by atoms with E-state index in [1.165, 1.54) is 24.7 Å². The van der Waals surface area contributed by atoms with Gasteiger partial charge in [0.15, 0.2) is 11.5 Å². The van der Waals surface area contributed by atoms with Gasteiger partial charge in [-0.2, -0.15) is 0 Å². The molecule has 0 amide bonds. The number of phenols is 1. The van der Waals surface area contributed by atoms with E-state index >= 15 is 0 Å². The minimum Gasteiger partial charge on any atom is -0.504 e. The predicted octanol–water partition coefficient (Wildman–Crippen LogP) is 3.69. The van der Waals surface area contributed by atoms with E-state index in [2.05, 4.69) is 6.07 Å². The third-order valence-corrected chi connectivity index (χ3v) is 4.80. The van der Waals surface area contributed by atoms with E-state index < -0.39 is 11.9 Å². The SMILES string of the molecule is COc1cccc(CC(C(=O)O)c2ccc3c(c2)CCCC3)c1O. The Labute approximate surface area is 141 Å². The molecule has 1 atom stereocenters. The number of aromatic hydroxyl groups is 1. The molecule has 0 aromatic heterocycles. The lowest BCUT2D eigenvalue weighted by atomic mass is 9.85. The number of aryl methyl sites for hydroxylation is 2.